The third kappa shape index (κ3) is 39.5. The Morgan fingerprint density at radius 1 is 0.639 bits per heavy atom. The van der Waals surface area contributed by atoms with Crippen LogP contribution >= 0.6 is 0 Å². The van der Waals surface area contributed by atoms with E-state index in [0.717, 1.165) is 58.4 Å². The summed E-state index contributed by atoms with van der Waals surface area (Å²) >= 11 is 0. The number of aliphatic carboxylic acids is 3. The maximum atomic E-state index is 10.7. The van der Waals surface area contributed by atoms with Crippen molar-refractivity contribution >= 4 is 17.9 Å². The third-order valence-corrected chi connectivity index (χ3v) is 5.31. The molecule has 0 fully saturated rings. The van der Waals surface area contributed by atoms with Crippen LogP contribution in [0, 0.1) is 5.92 Å². The number of rotatable bonds is 19. The van der Waals surface area contributed by atoms with Gasteiger partial charge >= 0.3 is 17.9 Å². The predicted molar refractivity (Wildman–Crippen MR) is 151 cm³/mol. The van der Waals surface area contributed by atoms with Crippen molar-refractivity contribution in [3.63, 3.8) is 0 Å². The van der Waals surface area contributed by atoms with Crippen LogP contribution < -0.4 is 0 Å². The molecule has 8 heteroatoms. The van der Waals surface area contributed by atoms with Crippen LogP contribution in [0.1, 0.15) is 120 Å². The van der Waals surface area contributed by atoms with Gasteiger partial charge in [0, 0.05) is 25.9 Å². The van der Waals surface area contributed by atoms with Gasteiger partial charge in [-0.2, -0.15) is 0 Å². The molecule has 8 nitrogen and oxygen atoms in total. The number of hydrogen-bond acceptors (Lipinski definition) is 5. The summed E-state index contributed by atoms with van der Waals surface area (Å²) in [7, 11) is 0. The minimum Gasteiger partial charge on any atom is -0.481 e. The van der Waals surface area contributed by atoms with Crippen LogP contribution in [-0.4, -0.2) is 82.3 Å². The van der Waals surface area contributed by atoms with Gasteiger partial charge in [0.25, 0.3) is 0 Å². The van der Waals surface area contributed by atoms with E-state index in [9.17, 15) is 14.4 Å². The largest absolute Gasteiger partial charge is 0.481 e. The van der Waals surface area contributed by atoms with Crippen LogP contribution in [0.25, 0.3) is 0 Å². The Labute approximate surface area is 222 Å². The van der Waals surface area contributed by atoms with Gasteiger partial charge in [-0.25, -0.2) is 0 Å². The van der Waals surface area contributed by atoms with Crippen LogP contribution in [0.4, 0.5) is 0 Å². The molecule has 3 N–H and O–H groups in total. The molecular weight excluding hydrogens is 460 g/mol. The molecule has 0 amide bonds. The van der Waals surface area contributed by atoms with Crippen molar-refractivity contribution in [2.24, 2.45) is 5.92 Å². The minimum absolute atomic E-state index is 0.164. The highest BCUT2D eigenvalue weighted by Gasteiger charge is 2.10. The fraction of sp³-hybridized carbons (Fsp3) is 0.893. The van der Waals surface area contributed by atoms with Crippen molar-refractivity contribution in [2.75, 3.05) is 39.3 Å². The van der Waals surface area contributed by atoms with Crippen molar-refractivity contribution in [3.8, 4) is 0 Å². The van der Waals surface area contributed by atoms with E-state index in [4.69, 9.17) is 15.3 Å². The first-order chi connectivity index (χ1) is 17.1. The van der Waals surface area contributed by atoms with E-state index in [1.54, 1.807) is 6.92 Å². The van der Waals surface area contributed by atoms with Gasteiger partial charge in [0.05, 0.1) is 6.54 Å². The predicted octanol–water partition coefficient (Wildman–Crippen LogP) is 6.48. The molecule has 218 valence electrons. The maximum Gasteiger partial charge on any atom is 0.317 e. The number of carboxylic acid groups (broad SMARTS) is 3. The number of carboxylic acids is 3. The van der Waals surface area contributed by atoms with E-state index in [0.29, 0.717) is 12.3 Å². The summed E-state index contributed by atoms with van der Waals surface area (Å²) in [6.07, 6.45) is 9.74. The van der Waals surface area contributed by atoms with E-state index in [1.165, 1.54) is 25.7 Å². The Kier molecular flexibility index (Phi) is 38.4. The van der Waals surface area contributed by atoms with Gasteiger partial charge in [0.1, 0.15) is 0 Å². The molecule has 0 aliphatic heterocycles. The SMILES string of the molecule is CC.CCC(=O)O.CCCCCC(C)CCCC(=O)O.CCCN(CC)CCN(CCC)CC(=O)O. The number of nitrogens with zero attached hydrogens (tertiary/aromatic N) is 2. The molecule has 36 heavy (non-hydrogen) atoms. The Morgan fingerprint density at radius 2 is 1.11 bits per heavy atom. The first-order valence-corrected chi connectivity index (χ1v) is 14.2. The van der Waals surface area contributed by atoms with Gasteiger partial charge in [-0.1, -0.05) is 87.5 Å². The molecule has 0 aromatic carbocycles. The normalized spacial score (nSPS) is 10.8. The lowest BCUT2D eigenvalue weighted by molar-refractivity contribution is -0.139. The summed E-state index contributed by atoms with van der Waals surface area (Å²) in [4.78, 5) is 34.7. The zero-order valence-electron chi connectivity index (χ0n) is 24.9. The van der Waals surface area contributed by atoms with E-state index in [-0.39, 0.29) is 13.0 Å². The quantitative estimate of drug-likeness (QED) is 0.166. The molecule has 0 bridgehead atoms. The first kappa shape index (κ1) is 41.5. The molecule has 0 aliphatic carbocycles. The first-order valence-electron chi connectivity index (χ1n) is 14.2. The second kappa shape index (κ2) is 33.3. The van der Waals surface area contributed by atoms with E-state index in [2.05, 4.69) is 39.5 Å². The zero-order chi connectivity index (χ0) is 28.8. The molecule has 1 atom stereocenters. The van der Waals surface area contributed by atoms with Crippen molar-refractivity contribution < 1.29 is 29.7 Å². The molecule has 0 rings (SSSR count). The molecule has 0 saturated heterocycles. The van der Waals surface area contributed by atoms with Crippen LogP contribution in [0.15, 0.2) is 0 Å². The second-order valence-electron chi connectivity index (χ2n) is 8.74. The summed E-state index contributed by atoms with van der Waals surface area (Å²) in [5.41, 5.74) is 0. The smallest absolute Gasteiger partial charge is 0.317 e. The number of likely N-dealkylation sites (N-methyl/N-ethyl adjacent to an activating group) is 1. The fourth-order valence-electron chi connectivity index (χ4n) is 3.29. The van der Waals surface area contributed by atoms with Gasteiger partial charge in [-0.3, -0.25) is 19.3 Å². The topological polar surface area (TPSA) is 118 Å². The molecule has 0 heterocycles. The molecule has 0 spiro atoms. The highest BCUT2D eigenvalue weighted by atomic mass is 16.4. The number of hydrogen-bond donors (Lipinski definition) is 3. The van der Waals surface area contributed by atoms with Crippen LogP contribution in [0.2, 0.25) is 0 Å². The average molecular weight is 521 g/mol. The molecule has 0 saturated carbocycles. The summed E-state index contributed by atoms with van der Waals surface area (Å²) in [5.74, 6) is -1.44. The lowest BCUT2D eigenvalue weighted by Gasteiger charge is -2.25. The zero-order valence-corrected chi connectivity index (χ0v) is 24.9. The monoisotopic (exact) mass is 520 g/mol. The summed E-state index contributed by atoms with van der Waals surface area (Å²) in [6, 6.07) is 0. The summed E-state index contributed by atoms with van der Waals surface area (Å²) in [6.45, 7) is 21.4. The van der Waals surface area contributed by atoms with Crippen molar-refractivity contribution in [1.29, 1.82) is 0 Å². The van der Waals surface area contributed by atoms with E-state index in [1.807, 2.05) is 18.7 Å². The molecule has 1 unspecified atom stereocenters. The number of carbonyl (C=O) groups is 3. The Balaban J connectivity index is -0.000000229. The lowest BCUT2D eigenvalue weighted by atomic mass is 9.97. The second-order valence-corrected chi connectivity index (χ2v) is 8.74. The molecular formula is C28H60N2O6. The van der Waals surface area contributed by atoms with Gasteiger partial charge < -0.3 is 20.2 Å². The van der Waals surface area contributed by atoms with Crippen molar-refractivity contribution in [1.82, 2.24) is 9.80 Å². The van der Waals surface area contributed by atoms with E-state index >= 15 is 0 Å². The molecule has 0 aromatic rings. The molecule has 0 aliphatic rings. The maximum absolute atomic E-state index is 10.7. The lowest BCUT2D eigenvalue weighted by Crippen LogP contribution is -2.38. The highest BCUT2D eigenvalue weighted by Crippen LogP contribution is 2.15. The van der Waals surface area contributed by atoms with Crippen LogP contribution in [0.5, 0.6) is 0 Å². The number of unbranched alkanes of at least 4 members (excludes halogenated alkanes) is 2. The van der Waals surface area contributed by atoms with Gasteiger partial charge in [-0.15, -0.1) is 0 Å². The molecule has 0 aromatic heterocycles. The Hall–Kier alpha value is -1.67. The standard InChI is InChI=1S/C12H26N2O2.C11H22O2.C3H6O2.C2H6/c1-4-7-13(6-3)9-10-14(8-5-2)11-12(15)16;1-3-4-5-7-10(2)8-6-9-11(12)13;1-2-3(4)5;1-2/h4-11H2,1-3H3,(H,15,16);10H,3-9H2,1-2H3,(H,12,13);2H2,1H3,(H,4,5);1-2H3. The van der Waals surface area contributed by atoms with Gasteiger partial charge in [0.2, 0.25) is 0 Å². The van der Waals surface area contributed by atoms with Gasteiger partial charge in [0.15, 0.2) is 0 Å². The Morgan fingerprint density at radius 3 is 1.50 bits per heavy atom. The van der Waals surface area contributed by atoms with Crippen LogP contribution in [0.3, 0.4) is 0 Å². The van der Waals surface area contributed by atoms with Crippen molar-refractivity contribution in [2.45, 2.75) is 120 Å². The Bertz CT molecular complexity index is 489. The van der Waals surface area contributed by atoms with Gasteiger partial charge in [-0.05, 0) is 44.8 Å². The fourth-order valence-corrected chi connectivity index (χ4v) is 3.29. The minimum atomic E-state index is -0.745. The third-order valence-electron chi connectivity index (χ3n) is 5.31. The summed E-state index contributed by atoms with van der Waals surface area (Å²) in [5, 5.41) is 24.9. The average Bonchev–Trinajstić information content (AvgIpc) is 2.83. The summed E-state index contributed by atoms with van der Waals surface area (Å²) < 4.78 is 0. The highest BCUT2D eigenvalue weighted by molar-refractivity contribution is 5.69. The molecule has 0 radical (unpaired) electrons. The van der Waals surface area contributed by atoms with Crippen molar-refractivity contribution in [3.05, 3.63) is 0 Å². The van der Waals surface area contributed by atoms with Crippen LogP contribution in [-0.2, 0) is 14.4 Å². The van der Waals surface area contributed by atoms with E-state index < -0.39 is 17.9 Å².